The van der Waals surface area contributed by atoms with Crippen LogP contribution in [0.15, 0.2) is 59.5 Å². The molecule has 0 saturated carbocycles. The highest BCUT2D eigenvalue weighted by atomic mass is 35.5. The number of sulfonamides is 1. The van der Waals surface area contributed by atoms with Crippen molar-refractivity contribution in [1.82, 2.24) is 4.72 Å². The number of rotatable bonds is 7. The predicted molar refractivity (Wildman–Crippen MR) is 102 cm³/mol. The van der Waals surface area contributed by atoms with E-state index in [1.807, 2.05) is 0 Å². The fraction of sp³-hybridized carbons (Fsp3) is 0.222. The second kappa shape index (κ2) is 8.98. The third-order valence-corrected chi connectivity index (χ3v) is 5.32. The van der Waals surface area contributed by atoms with Crippen molar-refractivity contribution in [3.8, 4) is 0 Å². The number of hydrogen-bond acceptors (Lipinski definition) is 5. The second-order valence-corrected chi connectivity index (χ2v) is 7.88. The summed E-state index contributed by atoms with van der Waals surface area (Å²) in [4.78, 5) is 24.2. The molecule has 9 heteroatoms. The summed E-state index contributed by atoms with van der Waals surface area (Å²) >= 11 is 5.74. The minimum absolute atomic E-state index is 0.0404. The maximum atomic E-state index is 12.3. The van der Waals surface area contributed by atoms with E-state index in [9.17, 15) is 18.0 Å². The van der Waals surface area contributed by atoms with Crippen molar-refractivity contribution in [2.45, 2.75) is 30.9 Å². The van der Waals surface area contributed by atoms with Crippen molar-refractivity contribution in [3.63, 3.8) is 0 Å². The number of esters is 1. The Balaban J connectivity index is 1.94. The zero-order chi connectivity index (χ0) is 20.0. The van der Waals surface area contributed by atoms with Gasteiger partial charge in [-0.1, -0.05) is 29.8 Å². The van der Waals surface area contributed by atoms with Gasteiger partial charge >= 0.3 is 5.97 Å². The molecular weight excluding hydrogens is 392 g/mol. The number of carbonyl (C=O) groups excluding carboxylic acids is 2. The largest absolute Gasteiger partial charge is 0.451 e. The first-order valence-corrected chi connectivity index (χ1v) is 9.89. The maximum Gasteiger partial charge on any atom is 0.324 e. The SMILES string of the molecule is C[C@H](NS(=O)(=O)c1ccc(Cl)cc1)C(=O)O[C@H](C)C(=O)Nc1ccccc1. The van der Waals surface area contributed by atoms with Gasteiger partial charge in [0.2, 0.25) is 10.0 Å². The number of nitrogens with one attached hydrogen (secondary N) is 2. The molecule has 2 aromatic rings. The highest BCUT2D eigenvalue weighted by Gasteiger charge is 2.26. The van der Waals surface area contributed by atoms with Crippen LogP contribution < -0.4 is 10.0 Å². The number of anilines is 1. The average Bonchev–Trinajstić information content (AvgIpc) is 2.62. The van der Waals surface area contributed by atoms with Crippen LogP contribution in [0, 0.1) is 0 Å². The summed E-state index contributed by atoms with van der Waals surface area (Å²) in [5.41, 5.74) is 0.557. The lowest BCUT2D eigenvalue weighted by Crippen LogP contribution is -2.42. The number of amides is 1. The van der Waals surface area contributed by atoms with Crippen molar-refractivity contribution >= 4 is 39.2 Å². The smallest absolute Gasteiger partial charge is 0.324 e. The van der Waals surface area contributed by atoms with Crippen molar-refractivity contribution < 1.29 is 22.7 Å². The van der Waals surface area contributed by atoms with Crippen molar-refractivity contribution in [2.24, 2.45) is 0 Å². The van der Waals surface area contributed by atoms with Crippen LogP contribution in [0.5, 0.6) is 0 Å². The Bertz CT molecular complexity index is 901. The molecular formula is C18H19ClN2O5S. The maximum absolute atomic E-state index is 12.3. The first kappa shape index (κ1) is 20.9. The van der Waals surface area contributed by atoms with E-state index in [4.69, 9.17) is 16.3 Å². The topological polar surface area (TPSA) is 102 Å². The van der Waals surface area contributed by atoms with E-state index in [0.717, 1.165) is 0 Å². The van der Waals surface area contributed by atoms with E-state index in [0.29, 0.717) is 10.7 Å². The highest BCUT2D eigenvalue weighted by Crippen LogP contribution is 2.14. The summed E-state index contributed by atoms with van der Waals surface area (Å²) in [5.74, 6) is -1.40. The molecule has 0 aliphatic carbocycles. The van der Waals surface area contributed by atoms with Crippen molar-refractivity contribution in [2.75, 3.05) is 5.32 Å². The first-order valence-electron chi connectivity index (χ1n) is 8.03. The number of para-hydroxylation sites is 1. The van der Waals surface area contributed by atoms with Gasteiger partial charge in [-0.15, -0.1) is 0 Å². The molecule has 0 aliphatic heterocycles. The van der Waals surface area contributed by atoms with Gasteiger partial charge in [0.1, 0.15) is 6.04 Å². The summed E-state index contributed by atoms with van der Waals surface area (Å²) in [6.07, 6.45) is -1.10. The molecule has 0 radical (unpaired) electrons. The van der Waals surface area contributed by atoms with Gasteiger partial charge in [0.25, 0.3) is 5.91 Å². The molecule has 0 aliphatic rings. The monoisotopic (exact) mass is 410 g/mol. The van der Waals surface area contributed by atoms with E-state index in [2.05, 4.69) is 10.0 Å². The summed E-state index contributed by atoms with van der Waals surface area (Å²) in [5, 5.41) is 2.99. The fourth-order valence-corrected chi connectivity index (χ4v) is 3.38. The number of carbonyl (C=O) groups is 2. The Morgan fingerprint density at radius 2 is 1.59 bits per heavy atom. The molecule has 2 N–H and O–H groups in total. The predicted octanol–water partition coefficient (Wildman–Crippen LogP) is 2.58. The van der Waals surface area contributed by atoms with E-state index >= 15 is 0 Å². The molecule has 2 aromatic carbocycles. The summed E-state index contributed by atoms with van der Waals surface area (Å²) in [6.45, 7) is 2.73. The Hall–Kier alpha value is -2.42. The number of halogens is 1. The van der Waals surface area contributed by atoms with Crippen molar-refractivity contribution in [1.29, 1.82) is 0 Å². The Morgan fingerprint density at radius 1 is 1.00 bits per heavy atom. The zero-order valence-corrected chi connectivity index (χ0v) is 16.3. The number of hydrogen-bond donors (Lipinski definition) is 2. The molecule has 0 heterocycles. The Morgan fingerprint density at radius 3 is 2.19 bits per heavy atom. The van der Waals surface area contributed by atoms with Crippen LogP contribution in [0.4, 0.5) is 5.69 Å². The van der Waals surface area contributed by atoms with Gasteiger partial charge in [-0.25, -0.2) is 8.42 Å². The lowest BCUT2D eigenvalue weighted by Gasteiger charge is -2.17. The molecule has 2 atom stereocenters. The molecule has 7 nitrogen and oxygen atoms in total. The van der Waals surface area contributed by atoms with Crippen molar-refractivity contribution in [3.05, 3.63) is 59.6 Å². The van der Waals surface area contributed by atoms with E-state index in [-0.39, 0.29) is 4.90 Å². The molecule has 1 amide bonds. The number of benzene rings is 2. The van der Waals surface area contributed by atoms with E-state index in [1.165, 1.54) is 38.1 Å². The second-order valence-electron chi connectivity index (χ2n) is 5.73. The van der Waals surface area contributed by atoms with Crippen LogP contribution in [0.2, 0.25) is 5.02 Å². The van der Waals surface area contributed by atoms with Gasteiger partial charge in [0, 0.05) is 10.7 Å². The van der Waals surface area contributed by atoms with Gasteiger partial charge < -0.3 is 10.1 Å². The Kier molecular flexibility index (Phi) is 6.95. The van der Waals surface area contributed by atoms with Gasteiger partial charge in [-0.3, -0.25) is 9.59 Å². The molecule has 0 spiro atoms. The minimum Gasteiger partial charge on any atom is -0.451 e. The first-order chi connectivity index (χ1) is 12.7. The zero-order valence-electron chi connectivity index (χ0n) is 14.7. The van der Waals surface area contributed by atoms with Crippen LogP contribution in [-0.4, -0.2) is 32.4 Å². The molecule has 2 rings (SSSR count). The van der Waals surface area contributed by atoms with Crippen LogP contribution >= 0.6 is 11.6 Å². The molecule has 0 bridgehead atoms. The van der Waals surface area contributed by atoms with Gasteiger partial charge in [-0.05, 0) is 50.2 Å². The summed E-state index contributed by atoms with van der Waals surface area (Å²) in [7, 11) is -3.94. The molecule has 0 fully saturated rings. The van der Waals surface area contributed by atoms with Gasteiger partial charge in [0.05, 0.1) is 4.90 Å². The molecule has 0 saturated heterocycles. The summed E-state index contributed by atoms with van der Waals surface area (Å²) in [6, 6.07) is 13.0. The quantitative estimate of drug-likeness (QED) is 0.683. The van der Waals surface area contributed by atoms with Crippen LogP contribution in [-0.2, 0) is 24.3 Å². The molecule has 0 unspecified atom stereocenters. The lowest BCUT2D eigenvalue weighted by atomic mass is 10.3. The van der Waals surface area contributed by atoms with Crippen LogP contribution in [0.25, 0.3) is 0 Å². The van der Waals surface area contributed by atoms with E-state index in [1.54, 1.807) is 30.3 Å². The standard InChI is InChI=1S/C18H19ClN2O5S/c1-12(21-27(24,25)16-10-8-14(19)9-11-16)18(23)26-13(2)17(22)20-15-6-4-3-5-7-15/h3-13,21H,1-2H3,(H,20,22)/t12-,13+/m0/s1. The third kappa shape index (κ3) is 6.06. The number of ether oxygens (including phenoxy) is 1. The van der Waals surface area contributed by atoms with Gasteiger partial charge in [-0.2, -0.15) is 4.72 Å². The summed E-state index contributed by atoms with van der Waals surface area (Å²) < 4.78 is 31.8. The third-order valence-electron chi connectivity index (χ3n) is 3.51. The normalized spacial score (nSPS) is 13.4. The fourth-order valence-electron chi connectivity index (χ4n) is 2.06. The van der Waals surface area contributed by atoms with Crippen LogP contribution in [0.1, 0.15) is 13.8 Å². The Labute approximate surface area is 162 Å². The van der Waals surface area contributed by atoms with Crippen LogP contribution in [0.3, 0.4) is 0 Å². The molecule has 144 valence electrons. The van der Waals surface area contributed by atoms with E-state index < -0.39 is 34.0 Å². The van der Waals surface area contributed by atoms with Gasteiger partial charge in [0.15, 0.2) is 6.10 Å². The lowest BCUT2D eigenvalue weighted by molar-refractivity contribution is -0.154. The molecule has 27 heavy (non-hydrogen) atoms. The molecule has 0 aromatic heterocycles. The highest BCUT2D eigenvalue weighted by molar-refractivity contribution is 7.89. The minimum atomic E-state index is -3.94. The average molecular weight is 411 g/mol.